The van der Waals surface area contributed by atoms with E-state index in [1.807, 2.05) is 44.1 Å². The summed E-state index contributed by atoms with van der Waals surface area (Å²) in [6.07, 6.45) is 0.516. The predicted molar refractivity (Wildman–Crippen MR) is 98.0 cm³/mol. The van der Waals surface area contributed by atoms with E-state index in [0.717, 1.165) is 11.4 Å². The molecule has 2 heterocycles. The van der Waals surface area contributed by atoms with Crippen LogP contribution in [-0.4, -0.2) is 49.7 Å². The first-order valence-electron chi connectivity index (χ1n) is 8.10. The summed E-state index contributed by atoms with van der Waals surface area (Å²) in [7, 11) is 0.799. The Morgan fingerprint density at radius 2 is 2.08 bits per heavy atom. The van der Waals surface area contributed by atoms with Crippen LogP contribution < -0.4 is 10.2 Å². The highest BCUT2D eigenvalue weighted by Gasteiger charge is 2.31. The minimum atomic E-state index is -3.03. The quantitative estimate of drug-likeness (QED) is 0.898. The van der Waals surface area contributed by atoms with Crippen molar-refractivity contribution in [1.29, 1.82) is 0 Å². The number of benzene rings is 1. The van der Waals surface area contributed by atoms with Crippen LogP contribution in [0.3, 0.4) is 0 Å². The summed E-state index contributed by atoms with van der Waals surface area (Å²) < 4.78 is 25.1. The number of amides is 1. The van der Waals surface area contributed by atoms with Crippen molar-refractivity contribution in [3.05, 3.63) is 41.6 Å². The average Bonchev–Trinajstić information content (AvgIpc) is 3.09. The zero-order valence-corrected chi connectivity index (χ0v) is 15.4. The largest absolute Gasteiger partial charge is 0.378 e. The van der Waals surface area contributed by atoms with Gasteiger partial charge in [0.25, 0.3) is 5.91 Å². The van der Waals surface area contributed by atoms with Gasteiger partial charge in [-0.15, -0.1) is 0 Å². The van der Waals surface area contributed by atoms with Gasteiger partial charge in [-0.1, -0.05) is 6.07 Å². The summed E-state index contributed by atoms with van der Waals surface area (Å²) in [6.45, 7) is 1.82. The third-order valence-corrected chi connectivity index (χ3v) is 6.03. The smallest absolute Gasteiger partial charge is 0.256 e. The molecule has 0 saturated carbocycles. The third-order valence-electron chi connectivity index (χ3n) is 4.28. The molecule has 25 heavy (non-hydrogen) atoms. The van der Waals surface area contributed by atoms with Crippen molar-refractivity contribution in [1.82, 2.24) is 9.78 Å². The predicted octanol–water partition coefficient (Wildman–Crippen LogP) is 1.87. The number of rotatable bonds is 4. The molecule has 1 saturated heterocycles. The molecule has 1 atom stereocenters. The first-order valence-corrected chi connectivity index (χ1v) is 9.92. The van der Waals surface area contributed by atoms with E-state index in [1.54, 1.807) is 16.8 Å². The molecule has 0 spiro atoms. The zero-order valence-electron chi connectivity index (χ0n) is 14.6. The van der Waals surface area contributed by atoms with Crippen LogP contribution in [0.25, 0.3) is 0 Å². The van der Waals surface area contributed by atoms with E-state index in [2.05, 4.69) is 10.4 Å². The lowest BCUT2D eigenvalue weighted by Gasteiger charge is -2.15. The maximum atomic E-state index is 12.6. The fraction of sp³-hybridized carbons (Fsp3) is 0.412. The molecule has 3 rings (SSSR count). The fourth-order valence-corrected chi connectivity index (χ4v) is 4.66. The molecule has 1 aliphatic rings. The van der Waals surface area contributed by atoms with E-state index >= 15 is 0 Å². The van der Waals surface area contributed by atoms with Gasteiger partial charge in [0.1, 0.15) is 5.82 Å². The van der Waals surface area contributed by atoms with Crippen molar-refractivity contribution < 1.29 is 13.2 Å². The van der Waals surface area contributed by atoms with Crippen LogP contribution in [0.5, 0.6) is 0 Å². The second-order valence-electron chi connectivity index (χ2n) is 6.57. The maximum absolute atomic E-state index is 12.6. The van der Waals surface area contributed by atoms with Crippen LogP contribution in [0.1, 0.15) is 28.5 Å². The number of carbonyl (C=O) groups is 1. The molecular weight excluding hydrogens is 340 g/mol. The van der Waals surface area contributed by atoms with Gasteiger partial charge in [-0.3, -0.25) is 4.79 Å². The molecule has 1 unspecified atom stereocenters. The third kappa shape index (κ3) is 3.84. The summed E-state index contributed by atoms with van der Waals surface area (Å²) in [6, 6.07) is 8.84. The fourth-order valence-electron chi connectivity index (χ4n) is 2.97. The summed E-state index contributed by atoms with van der Waals surface area (Å²) in [5, 5.41) is 7.25. The van der Waals surface area contributed by atoms with E-state index in [1.165, 1.54) is 0 Å². The molecule has 1 aromatic heterocycles. The van der Waals surface area contributed by atoms with Crippen LogP contribution in [-0.2, 0) is 9.84 Å². The van der Waals surface area contributed by atoms with Crippen LogP contribution in [0.4, 0.5) is 11.5 Å². The van der Waals surface area contributed by atoms with Crippen molar-refractivity contribution in [2.24, 2.45) is 0 Å². The highest BCUT2D eigenvalue weighted by atomic mass is 32.2. The van der Waals surface area contributed by atoms with Gasteiger partial charge in [0.2, 0.25) is 0 Å². The standard InChI is InChI=1S/C17H22N4O3S/c1-12-9-16(21(19-12)15-7-8-25(23,24)11-15)18-17(22)13-5-4-6-14(10-13)20(2)3/h4-6,9-10,15H,7-8,11H2,1-3H3,(H,18,22). The van der Waals surface area contributed by atoms with E-state index in [9.17, 15) is 13.2 Å². The molecule has 1 fully saturated rings. The number of nitrogens with one attached hydrogen (secondary N) is 1. The van der Waals surface area contributed by atoms with E-state index in [0.29, 0.717) is 17.8 Å². The number of sulfone groups is 1. The SMILES string of the molecule is Cc1cc(NC(=O)c2cccc(N(C)C)c2)n(C2CCS(=O)(=O)C2)n1. The molecule has 0 radical (unpaired) electrons. The molecule has 1 N–H and O–H groups in total. The van der Waals surface area contributed by atoms with E-state index < -0.39 is 9.84 Å². The Balaban J connectivity index is 1.84. The number of hydrogen-bond acceptors (Lipinski definition) is 5. The van der Waals surface area contributed by atoms with Gasteiger partial charge in [-0.25, -0.2) is 13.1 Å². The lowest BCUT2D eigenvalue weighted by Crippen LogP contribution is -2.20. The van der Waals surface area contributed by atoms with Crippen LogP contribution in [0.2, 0.25) is 0 Å². The Bertz CT molecular complexity index is 902. The molecule has 1 amide bonds. The Morgan fingerprint density at radius 3 is 2.72 bits per heavy atom. The number of carbonyl (C=O) groups excluding carboxylic acids is 1. The number of aromatic nitrogens is 2. The van der Waals surface area contributed by atoms with E-state index in [4.69, 9.17) is 0 Å². The lowest BCUT2D eigenvalue weighted by atomic mass is 10.2. The first-order chi connectivity index (χ1) is 11.7. The highest BCUT2D eigenvalue weighted by Crippen LogP contribution is 2.27. The van der Waals surface area contributed by atoms with Crippen molar-refractivity contribution in [3.8, 4) is 0 Å². The molecule has 0 bridgehead atoms. The van der Waals surface area contributed by atoms with Gasteiger partial charge in [0.15, 0.2) is 9.84 Å². The van der Waals surface area contributed by atoms with Gasteiger partial charge >= 0.3 is 0 Å². The summed E-state index contributed by atoms with van der Waals surface area (Å²) in [5.74, 6) is 0.507. The zero-order chi connectivity index (χ0) is 18.2. The van der Waals surface area contributed by atoms with Gasteiger partial charge in [-0.05, 0) is 31.5 Å². The Labute approximate surface area is 147 Å². The molecule has 1 aliphatic heterocycles. The summed E-state index contributed by atoms with van der Waals surface area (Å²) in [5.41, 5.74) is 2.21. The molecule has 7 nitrogen and oxygen atoms in total. The van der Waals surface area contributed by atoms with Crippen LogP contribution >= 0.6 is 0 Å². The first kappa shape index (κ1) is 17.5. The minimum absolute atomic E-state index is 0.0626. The second kappa shape index (κ2) is 6.51. The second-order valence-corrected chi connectivity index (χ2v) is 8.80. The summed E-state index contributed by atoms with van der Waals surface area (Å²) in [4.78, 5) is 14.5. The normalized spacial score (nSPS) is 18.9. The maximum Gasteiger partial charge on any atom is 0.256 e. The van der Waals surface area contributed by atoms with Gasteiger partial charge < -0.3 is 10.2 Å². The van der Waals surface area contributed by atoms with Crippen molar-refractivity contribution >= 4 is 27.2 Å². The topological polar surface area (TPSA) is 84.3 Å². The monoisotopic (exact) mass is 362 g/mol. The average molecular weight is 362 g/mol. The number of aryl methyl sites for hydroxylation is 1. The minimum Gasteiger partial charge on any atom is -0.378 e. The Kier molecular flexibility index (Phi) is 4.55. The van der Waals surface area contributed by atoms with Gasteiger partial charge in [0.05, 0.1) is 23.2 Å². The van der Waals surface area contributed by atoms with Gasteiger partial charge in [0, 0.05) is 31.4 Å². The molecular formula is C17H22N4O3S. The lowest BCUT2D eigenvalue weighted by molar-refractivity contribution is 0.102. The van der Waals surface area contributed by atoms with Gasteiger partial charge in [-0.2, -0.15) is 5.10 Å². The molecule has 2 aromatic rings. The number of anilines is 2. The van der Waals surface area contributed by atoms with E-state index in [-0.39, 0.29) is 23.5 Å². The summed E-state index contributed by atoms with van der Waals surface area (Å²) >= 11 is 0. The molecule has 0 aliphatic carbocycles. The highest BCUT2D eigenvalue weighted by molar-refractivity contribution is 7.91. The van der Waals surface area contributed by atoms with Crippen LogP contribution in [0, 0.1) is 6.92 Å². The Hall–Kier alpha value is -2.35. The van der Waals surface area contributed by atoms with Crippen molar-refractivity contribution in [3.63, 3.8) is 0 Å². The van der Waals surface area contributed by atoms with Crippen molar-refractivity contribution in [2.45, 2.75) is 19.4 Å². The molecule has 8 heteroatoms. The molecule has 1 aromatic carbocycles. The van der Waals surface area contributed by atoms with Crippen molar-refractivity contribution in [2.75, 3.05) is 35.8 Å². The molecule has 134 valence electrons. The van der Waals surface area contributed by atoms with Crippen LogP contribution in [0.15, 0.2) is 30.3 Å². The number of nitrogens with zero attached hydrogens (tertiary/aromatic N) is 3. The number of hydrogen-bond donors (Lipinski definition) is 1. The Morgan fingerprint density at radius 1 is 1.32 bits per heavy atom.